The van der Waals surface area contributed by atoms with Crippen LogP contribution in [0, 0.1) is 0 Å². The molecule has 0 aliphatic carbocycles. The molecule has 0 aliphatic rings. The van der Waals surface area contributed by atoms with Crippen molar-refractivity contribution in [3.05, 3.63) is 35.4 Å². The number of ether oxygens (including phenoxy) is 2. The third-order valence-electron chi connectivity index (χ3n) is 2.50. The van der Waals surface area contributed by atoms with Crippen LogP contribution < -0.4 is 0 Å². The van der Waals surface area contributed by atoms with Crippen LogP contribution in [0.4, 0.5) is 0 Å². The van der Waals surface area contributed by atoms with Crippen LogP contribution in [0.2, 0.25) is 0 Å². The van der Waals surface area contributed by atoms with Crippen LogP contribution in [0.5, 0.6) is 0 Å². The highest BCUT2D eigenvalue weighted by Gasteiger charge is 2.13. The van der Waals surface area contributed by atoms with Gasteiger partial charge in [-0.15, -0.1) is 0 Å². The van der Waals surface area contributed by atoms with Gasteiger partial charge in [0, 0.05) is 0 Å². The maximum atomic E-state index is 11.8. The summed E-state index contributed by atoms with van der Waals surface area (Å²) in [6, 6.07) is 5.78. The highest BCUT2D eigenvalue weighted by atomic mass is 16.5. The molecule has 0 aliphatic heterocycles. The monoisotopic (exact) mass is 308 g/mol. The summed E-state index contributed by atoms with van der Waals surface area (Å²) in [5.41, 5.74) is 0.797. The quantitative estimate of drug-likeness (QED) is 0.357. The second-order valence-corrected chi connectivity index (χ2v) is 4.40. The lowest BCUT2D eigenvalue weighted by molar-refractivity contribution is 0.0559. The number of hydrogen-bond donors (Lipinski definition) is 2. The van der Waals surface area contributed by atoms with Gasteiger partial charge in [0.05, 0.1) is 22.6 Å². The van der Waals surface area contributed by atoms with Gasteiger partial charge in [0.1, 0.15) is 13.2 Å². The molecule has 0 unspecified atom stereocenters. The molecule has 0 saturated carbocycles. The molecular formula is C14H16N2O6. The smallest absolute Gasteiger partial charge is 0.338 e. The first-order valence-electron chi connectivity index (χ1n) is 6.27. The van der Waals surface area contributed by atoms with Gasteiger partial charge in [-0.05, 0) is 32.0 Å². The summed E-state index contributed by atoms with van der Waals surface area (Å²) >= 11 is 0. The topological polar surface area (TPSA) is 118 Å². The van der Waals surface area contributed by atoms with Crippen LogP contribution in [0.25, 0.3) is 0 Å². The largest absolute Gasteiger partial charge is 0.456 e. The Morgan fingerprint density at radius 3 is 1.73 bits per heavy atom. The first-order chi connectivity index (χ1) is 10.5. The van der Waals surface area contributed by atoms with Crippen molar-refractivity contribution in [1.82, 2.24) is 0 Å². The second kappa shape index (κ2) is 8.40. The zero-order valence-electron chi connectivity index (χ0n) is 12.1. The lowest BCUT2D eigenvalue weighted by Crippen LogP contribution is -2.14. The van der Waals surface area contributed by atoms with Crippen LogP contribution in [-0.4, -0.2) is 47.0 Å². The number of carbonyl (C=O) groups excluding carboxylic acids is 2. The van der Waals surface area contributed by atoms with E-state index in [0.717, 1.165) is 0 Å². The maximum Gasteiger partial charge on any atom is 0.338 e. The fraction of sp³-hybridized carbons (Fsp3) is 0.286. The van der Waals surface area contributed by atoms with Gasteiger partial charge in [0.2, 0.25) is 0 Å². The summed E-state index contributed by atoms with van der Waals surface area (Å²) in [7, 11) is 0. The van der Waals surface area contributed by atoms with Gasteiger partial charge in [-0.3, -0.25) is 0 Å². The number of hydrogen-bond acceptors (Lipinski definition) is 8. The molecule has 0 bridgehead atoms. The normalized spacial score (nSPS) is 11.9. The Morgan fingerprint density at radius 1 is 0.955 bits per heavy atom. The molecule has 1 rings (SSSR count). The lowest BCUT2D eigenvalue weighted by Gasteiger charge is -2.06. The Hall–Kier alpha value is -2.90. The lowest BCUT2D eigenvalue weighted by atomic mass is 10.1. The predicted molar refractivity (Wildman–Crippen MR) is 76.8 cm³/mol. The zero-order chi connectivity index (χ0) is 16.5. The Labute approximate surface area is 126 Å². The number of nitrogens with zero attached hydrogens (tertiary/aromatic N) is 2. The molecule has 0 amide bonds. The number of carbonyl (C=O) groups is 2. The predicted octanol–water partition coefficient (Wildman–Crippen LogP) is 1.70. The number of oxime groups is 2. The van der Waals surface area contributed by atoms with Crippen molar-refractivity contribution in [2.75, 3.05) is 13.2 Å². The summed E-state index contributed by atoms with van der Waals surface area (Å²) < 4.78 is 9.79. The first-order valence-corrected chi connectivity index (χ1v) is 6.27. The van der Waals surface area contributed by atoms with Gasteiger partial charge in [0.25, 0.3) is 0 Å². The molecule has 0 fully saturated rings. The molecule has 0 radical (unpaired) electrons. The fourth-order valence-corrected chi connectivity index (χ4v) is 1.34. The Kier molecular flexibility index (Phi) is 6.55. The maximum absolute atomic E-state index is 11.8. The van der Waals surface area contributed by atoms with Crippen molar-refractivity contribution in [3.8, 4) is 0 Å². The van der Waals surface area contributed by atoms with Crippen LogP contribution >= 0.6 is 0 Å². The minimum atomic E-state index is -0.661. The fourth-order valence-electron chi connectivity index (χ4n) is 1.34. The molecular weight excluding hydrogens is 292 g/mol. The van der Waals surface area contributed by atoms with Gasteiger partial charge < -0.3 is 19.9 Å². The van der Waals surface area contributed by atoms with Crippen LogP contribution in [0.1, 0.15) is 34.6 Å². The Balaban J connectivity index is 2.72. The van der Waals surface area contributed by atoms with Crippen molar-refractivity contribution in [2.45, 2.75) is 13.8 Å². The second-order valence-electron chi connectivity index (χ2n) is 4.40. The molecule has 0 atom stereocenters. The van der Waals surface area contributed by atoms with Crippen molar-refractivity contribution in [3.63, 3.8) is 0 Å². The van der Waals surface area contributed by atoms with E-state index in [9.17, 15) is 9.59 Å². The number of benzene rings is 1. The summed E-state index contributed by atoms with van der Waals surface area (Å²) in [6.45, 7) is 2.67. The van der Waals surface area contributed by atoms with Crippen LogP contribution in [-0.2, 0) is 9.47 Å². The van der Waals surface area contributed by atoms with Gasteiger partial charge >= 0.3 is 11.9 Å². The summed E-state index contributed by atoms with van der Waals surface area (Å²) in [4.78, 5) is 23.6. The van der Waals surface area contributed by atoms with E-state index in [0.29, 0.717) is 0 Å². The molecule has 0 heterocycles. The van der Waals surface area contributed by atoms with E-state index in [1.54, 1.807) is 0 Å². The minimum absolute atomic E-state index is 0.157. The van der Waals surface area contributed by atoms with E-state index in [4.69, 9.17) is 19.9 Å². The third-order valence-corrected chi connectivity index (χ3v) is 2.50. The van der Waals surface area contributed by atoms with Gasteiger partial charge in [0.15, 0.2) is 0 Å². The Bertz CT molecular complexity index is 560. The summed E-state index contributed by atoms with van der Waals surface area (Å²) in [6.07, 6.45) is 0. The van der Waals surface area contributed by atoms with E-state index < -0.39 is 11.9 Å². The minimum Gasteiger partial charge on any atom is -0.456 e. The molecule has 8 heteroatoms. The van der Waals surface area contributed by atoms with Crippen LogP contribution in [0.3, 0.4) is 0 Å². The molecule has 0 saturated heterocycles. The molecule has 8 nitrogen and oxygen atoms in total. The number of esters is 2. The standard InChI is InChI=1S/C14H16N2O6/c1-9(15-19)7-21-13(17)11-4-3-5-12(6-11)14(18)22-8-10(2)16-20/h3-6,19-20H,7-8H2,1-2H3. The van der Waals surface area contributed by atoms with E-state index in [1.165, 1.54) is 38.1 Å². The van der Waals surface area contributed by atoms with E-state index in [2.05, 4.69) is 10.3 Å². The van der Waals surface area contributed by atoms with Crippen molar-refractivity contribution in [2.24, 2.45) is 10.3 Å². The molecule has 0 aromatic heterocycles. The molecule has 1 aromatic carbocycles. The molecule has 0 spiro atoms. The van der Waals surface area contributed by atoms with E-state index >= 15 is 0 Å². The SMILES string of the molecule is CC(COC(=O)c1cccc(C(=O)OCC(C)=NO)c1)=NO. The van der Waals surface area contributed by atoms with Gasteiger partial charge in [-0.25, -0.2) is 9.59 Å². The zero-order valence-corrected chi connectivity index (χ0v) is 12.1. The highest BCUT2D eigenvalue weighted by molar-refractivity contribution is 5.97. The molecule has 22 heavy (non-hydrogen) atoms. The molecule has 1 aromatic rings. The molecule has 118 valence electrons. The number of rotatable bonds is 6. The van der Waals surface area contributed by atoms with E-state index in [-0.39, 0.29) is 35.8 Å². The average molecular weight is 308 g/mol. The van der Waals surface area contributed by atoms with E-state index in [1.807, 2.05) is 0 Å². The average Bonchev–Trinajstić information content (AvgIpc) is 2.56. The van der Waals surface area contributed by atoms with Crippen molar-refractivity contribution < 1.29 is 29.5 Å². The Morgan fingerprint density at radius 2 is 1.36 bits per heavy atom. The highest BCUT2D eigenvalue weighted by Crippen LogP contribution is 2.08. The van der Waals surface area contributed by atoms with Gasteiger partial charge in [-0.2, -0.15) is 0 Å². The summed E-state index contributed by atoms with van der Waals surface area (Å²) in [5, 5.41) is 22.7. The van der Waals surface area contributed by atoms with Gasteiger partial charge in [-0.1, -0.05) is 16.4 Å². The van der Waals surface area contributed by atoms with Crippen LogP contribution in [0.15, 0.2) is 34.6 Å². The van der Waals surface area contributed by atoms with Crippen molar-refractivity contribution in [1.29, 1.82) is 0 Å². The molecule has 2 N–H and O–H groups in total. The third kappa shape index (κ3) is 5.23. The summed E-state index contributed by atoms with van der Waals surface area (Å²) in [5.74, 6) is -1.32. The van der Waals surface area contributed by atoms with Crippen molar-refractivity contribution >= 4 is 23.4 Å². The first kappa shape index (κ1) is 17.2.